The van der Waals surface area contributed by atoms with Crippen LogP contribution in [0.2, 0.25) is 0 Å². The summed E-state index contributed by atoms with van der Waals surface area (Å²) in [6, 6.07) is 13.7. The van der Waals surface area contributed by atoms with E-state index in [-0.39, 0.29) is 11.7 Å². The molecule has 0 bridgehead atoms. The molecule has 2 aromatic rings. The zero-order valence-electron chi connectivity index (χ0n) is 9.41. The number of ether oxygens (including phenoxy) is 1. The number of methoxy groups -OCH3 is 1. The summed E-state index contributed by atoms with van der Waals surface area (Å²) in [5, 5.41) is 7.58. The first-order chi connectivity index (χ1) is 8.20. The first kappa shape index (κ1) is 11.3. The lowest BCUT2D eigenvalue weighted by molar-refractivity contribution is 0.401. The second kappa shape index (κ2) is 4.78. The van der Waals surface area contributed by atoms with Gasteiger partial charge in [-0.1, -0.05) is 24.3 Å². The summed E-state index contributed by atoms with van der Waals surface area (Å²) in [7, 11) is 1.46. The minimum Gasteiger partial charge on any atom is -0.481 e. The van der Waals surface area contributed by atoms with Crippen molar-refractivity contribution in [3.05, 3.63) is 59.9 Å². The van der Waals surface area contributed by atoms with E-state index in [9.17, 15) is 4.39 Å². The van der Waals surface area contributed by atoms with Gasteiger partial charge in [-0.3, -0.25) is 5.41 Å². The Morgan fingerprint density at radius 1 is 1.06 bits per heavy atom. The van der Waals surface area contributed by atoms with Crippen molar-refractivity contribution in [2.75, 3.05) is 7.11 Å². The fourth-order valence-electron chi connectivity index (χ4n) is 1.63. The molecule has 2 rings (SSSR count). The number of rotatable bonds is 2. The molecule has 0 aromatic heterocycles. The van der Waals surface area contributed by atoms with Gasteiger partial charge in [0.2, 0.25) is 5.90 Å². The average Bonchev–Trinajstić information content (AvgIpc) is 2.38. The molecular formula is C14H12FNO. The summed E-state index contributed by atoms with van der Waals surface area (Å²) in [5.74, 6) is -0.169. The zero-order valence-corrected chi connectivity index (χ0v) is 9.41. The molecule has 2 nitrogen and oxygen atoms in total. The van der Waals surface area contributed by atoms with Crippen LogP contribution in [0.15, 0.2) is 48.5 Å². The van der Waals surface area contributed by atoms with Crippen molar-refractivity contribution in [1.29, 1.82) is 5.41 Å². The summed E-state index contributed by atoms with van der Waals surface area (Å²) in [4.78, 5) is 0. The van der Waals surface area contributed by atoms with Crippen molar-refractivity contribution in [3.8, 4) is 11.1 Å². The lowest BCUT2D eigenvalue weighted by Crippen LogP contribution is -2.00. The molecule has 0 amide bonds. The van der Waals surface area contributed by atoms with Crippen molar-refractivity contribution in [3.63, 3.8) is 0 Å². The summed E-state index contributed by atoms with van der Waals surface area (Å²) in [6.45, 7) is 0. The van der Waals surface area contributed by atoms with E-state index in [0.717, 1.165) is 11.1 Å². The highest BCUT2D eigenvalue weighted by molar-refractivity contribution is 5.92. The van der Waals surface area contributed by atoms with Gasteiger partial charge in [-0.2, -0.15) is 0 Å². The highest BCUT2D eigenvalue weighted by Crippen LogP contribution is 2.21. The summed E-state index contributed by atoms with van der Waals surface area (Å²) >= 11 is 0. The molecular weight excluding hydrogens is 217 g/mol. The maximum Gasteiger partial charge on any atom is 0.212 e. The van der Waals surface area contributed by atoms with Crippen LogP contribution < -0.4 is 0 Å². The van der Waals surface area contributed by atoms with E-state index in [1.807, 2.05) is 18.2 Å². The van der Waals surface area contributed by atoms with E-state index < -0.39 is 0 Å². The molecule has 0 aliphatic carbocycles. The Balaban J connectivity index is 2.43. The normalized spacial score (nSPS) is 10.0. The third-order valence-electron chi connectivity index (χ3n) is 2.49. The third kappa shape index (κ3) is 2.50. The third-order valence-corrected chi connectivity index (χ3v) is 2.49. The van der Waals surface area contributed by atoms with Crippen LogP contribution in [0.1, 0.15) is 5.56 Å². The number of hydrogen-bond donors (Lipinski definition) is 1. The predicted octanol–water partition coefficient (Wildman–Crippen LogP) is 3.46. The minimum atomic E-state index is -0.269. The zero-order chi connectivity index (χ0) is 12.3. The van der Waals surface area contributed by atoms with Crippen LogP contribution in [-0.4, -0.2) is 13.0 Å². The van der Waals surface area contributed by atoms with Crippen molar-refractivity contribution in [2.45, 2.75) is 0 Å². The Morgan fingerprint density at radius 2 is 1.71 bits per heavy atom. The fourth-order valence-corrected chi connectivity index (χ4v) is 1.63. The first-order valence-corrected chi connectivity index (χ1v) is 5.19. The number of benzene rings is 2. The van der Waals surface area contributed by atoms with Crippen LogP contribution in [0.25, 0.3) is 11.1 Å². The molecule has 86 valence electrons. The number of halogens is 1. The smallest absolute Gasteiger partial charge is 0.212 e. The van der Waals surface area contributed by atoms with Crippen LogP contribution in [-0.2, 0) is 4.74 Å². The van der Waals surface area contributed by atoms with Gasteiger partial charge in [0.1, 0.15) is 5.82 Å². The number of nitrogens with one attached hydrogen (secondary N) is 1. The lowest BCUT2D eigenvalue weighted by Gasteiger charge is -2.06. The summed E-state index contributed by atoms with van der Waals surface area (Å²) in [5.41, 5.74) is 2.33. The molecule has 0 aliphatic heterocycles. The minimum absolute atomic E-state index is 0.100. The van der Waals surface area contributed by atoms with Crippen LogP contribution in [0, 0.1) is 11.2 Å². The molecule has 1 N–H and O–H groups in total. The van der Waals surface area contributed by atoms with Gasteiger partial charge < -0.3 is 4.74 Å². The second-order valence-corrected chi connectivity index (χ2v) is 3.62. The maximum absolute atomic E-state index is 13.1. The van der Waals surface area contributed by atoms with E-state index in [4.69, 9.17) is 10.1 Å². The van der Waals surface area contributed by atoms with Crippen LogP contribution >= 0.6 is 0 Å². The topological polar surface area (TPSA) is 33.1 Å². The Hall–Kier alpha value is -2.16. The van der Waals surface area contributed by atoms with Gasteiger partial charge in [0.25, 0.3) is 0 Å². The molecule has 0 saturated carbocycles. The van der Waals surface area contributed by atoms with Crippen LogP contribution in [0.4, 0.5) is 4.39 Å². The van der Waals surface area contributed by atoms with Crippen molar-refractivity contribution >= 4 is 5.90 Å². The standard InChI is InChI=1S/C14H12FNO/c1-17-14(16)12-6-2-4-10(8-12)11-5-3-7-13(15)9-11/h2-9,16H,1H3. The SMILES string of the molecule is COC(=N)c1cccc(-c2cccc(F)c2)c1. The highest BCUT2D eigenvalue weighted by atomic mass is 19.1. The molecule has 0 heterocycles. The van der Waals surface area contributed by atoms with E-state index in [2.05, 4.69) is 0 Å². The van der Waals surface area contributed by atoms with Gasteiger partial charge in [0, 0.05) is 5.56 Å². The molecule has 0 spiro atoms. The largest absolute Gasteiger partial charge is 0.481 e. The van der Waals surface area contributed by atoms with E-state index in [1.165, 1.54) is 19.2 Å². The molecule has 0 saturated heterocycles. The molecule has 2 aromatic carbocycles. The quantitative estimate of drug-likeness (QED) is 0.620. The molecule has 0 radical (unpaired) electrons. The summed E-state index contributed by atoms with van der Waals surface area (Å²) in [6.07, 6.45) is 0. The van der Waals surface area contributed by atoms with Crippen molar-refractivity contribution < 1.29 is 9.13 Å². The van der Waals surface area contributed by atoms with Crippen LogP contribution in [0.5, 0.6) is 0 Å². The van der Waals surface area contributed by atoms with Crippen LogP contribution in [0.3, 0.4) is 0 Å². The Bertz CT molecular complexity index is 551. The maximum atomic E-state index is 13.1. The van der Waals surface area contributed by atoms with Gasteiger partial charge in [0.15, 0.2) is 0 Å². The molecule has 17 heavy (non-hydrogen) atoms. The molecule has 0 atom stereocenters. The van der Waals surface area contributed by atoms with Crippen molar-refractivity contribution in [1.82, 2.24) is 0 Å². The van der Waals surface area contributed by atoms with Gasteiger partial charge in [0.05, 0.1) is 7.11 Å². The monoisotopic (exact) mass is 229 g/mol. The Labute approximate surface area is 99.2 Å². The lowest BCUT2D eigenvalue weighted by atomic mass is 10.0. The first-order valence-electron chi connectivity index (χ1n) is 5.19. The van der Waals surface area contributed by atoms with Crippen molar-refractivity contribution in [2.24, 2.45) is 0 Å². The fraction of sp³-hybridized carbons (Fsp3) is 0.0714. The van der Waals surface area contributed by atoms with Gasteiger partial charge in [-0.05, 0) is 35.4 Å². The second-order valence-electron chi connectivity index (χ2n) is 3.62. The predicted molar refractivity (Wildman–Crippen MR) is 65.7 cm³/mol. The summed E-state index contributed by atoms with van der Waals surface area (Å²) < 4.78 is 18.0. The molecule has 0 fully saturated rings. The Kier molecular flexibility index (Phi) is 3.19. The molecule has 3 heteroatoms. The molecule has 0 aliphatic rings. The van der Waals surface area contributed by atoms with Gasteiger partial charge >= 0.3 is 0 Å². The number of hydrogen-bond acceptors (Lipinski definition) is 2. The molecule has 0 unspecified atom stereocenters. The van der Waals surface area contributed by atoms with E-state index >= 15 is 0 Å². The van der Waals surface area contributed by atoms with Gasteiger partial charge in [-0.25, -0.2) is 4.39 Å². The highest BCUT2D eigenvalue weighted by Gasteiger charge is 2.04. The Morgan fingerprint density at radius 3 is 2.35 bits per heavy atom. The van der Waals surface area contributed by atoms with Gasteiger partial charge in [-0.15, -0.1) is 0 Å². The average molecular weight is 229 g/mol. The van der Waals surface area contributed by atoms with E-state index in [0.29, 0.717) is 5.56 Å². The van der Waals surface area contributed by atoms with E-state index in [1.54, 1.807) is 18.2 Å².